The van der Waals surface area contributed by atoms with Crippen molar-refractivity contribution in [2.75, 3.05) is 31.6 Å². The Bertz CT molecular complexity index is 910. The maximum Gasteiger partial charge on any atom is 0.258 e. The van der Waals surface area contributed by atoms with E-state index in [2.05, 4.69) is 15.3 Å². The molecule has 2 aliphatic rings. The fourth-order valence-corrected chi connectivity index (χ4v) is 4.84. The van der Waals surface area contributed by atoms with Gasteiger partial charge in [0.05, 0.1) is 16.7 Å². The Morgan fingerprint density at radius 1 is 1.36 bits per heavy atom. The number of fused-ring (bicyclic) bond motifs is 1. The van der Waals surface area contributed by atoms with Gasteiger partial charge < -0.3 is 19.9 Å². The summed E-state index contributed by atoms with van der Waals surface area (Å²) >= 11 is 1.84. The average Bonchev–Trinajstić information content (AvgIpc) is 3.16. The van der Waals surface area contributed by atoms with Crippen LogP contribution < -0.4 is 10.9 Å². The second kappa shape index (κ2) is 8.53. The first kappa shape index (κ1) is 19.3. The zero-order valence-corrected chi connectivity index (χ0v) is 16.9. The summed E-state index contributed by atoms with van der Waals surface area (Å²) in [5.41, 5.74) is 1.55. The number of aromatic nitrogens is 2. The van der Waals surface area contributed by atoms with Crippen LogP contribution >= 0.6 is 11.8 Å². The van der Waals surface area contributed by atoms with Crippen molar-refractivity contribution < 1.29 is 9.53 Å². The fraction of sp³-hybridized carbons (Fsp3) is 0.550. The molecule has 0 spiro atoms. The van der Waals surface area contributed by atoms with Gasteiger partial charge in [0.25, 0.3) is 5.56 Å². The van der Waals surface area contributed by atoms with Crippen molar-refractivity contribution in [2.45, 2.75) is 43.2 Å². The molecule has 2 saturated heterocycles. The molecule has 2 fully saturated rings. The van der Waals surface area contributed by atoms with Crippen LogP contribution in [0.1, 0.15) is 32.0 Å². The molecule has 2 aliphatic heterocycles. The molecule has 1 aromatic heterocycles. The molecule has 2 N–H and O–H groups in total. The van der Waals surface area contributed by atoms with E-state index in [0.29, 0.717) is 28.5 Å². The number of rotatable bonds is 5. The molecule has 3 heterocycles. The number of carbonyl (C=O) groups is 1. The first-order valence-corrected chi connectivity index (χ1v) is 10.9. The van der Waals surface area contributed by atoms with Gasteiger partial charge in [0.2, 0.25) is 5.91 Å². The molecule has 1 unspecified atom stereocenters. The van der Waals surface area contributed by atoms with Crippen LogP contribution in [0.15, 0.2) is 23.0 Å². The minimum atomic E-state index is -0.0947. The summed E-state index contributed by atoms with van der Waals surface area (Å²) in [4.78, 5) is 33.4. The molecule has 0 radical (unpaired) electrons. The first-order chi connectivity index (χ1) is 13.6. The number of hydrogen-bond acceptors (Lipinski definition) is 6. The topological polar surface area (TPSA) is 87.3 Å². The van der Waals surface area contributed by atoms with Crippen LogP contribution in [0.25, 0.3) is 10.9 Å². The molecule has 1 aromatic carbocycles. The summed E-state index contributed by atoms with van der Waals surface area (Å²) in [5.74, 6) is 1.53. The molecular weight excluding hydrogens is 376 g/mol. The second-order valence-electron chi connectivity index (χ2n) is 7.46. The summed E-state index contributed by atoms with van der Waals surface area (Å²) in [6.07, 6.45) is 3.03. The number of ether oxygens (including phenoxy) is 1. The lowest BCUT2D eigenvalue weighted by molar-refractivity contribution is -0.127. The number of likely N-dealkylation sites (tertiary alicyclic amines) is 1. The molecule has 0 saturated carbocycles. The van der Waals surface area contributed by atoms with Crippen LogP contribution in [0.3, 0.4) is 0 Å². The van der Waals surface area contributed by atoms with Crippen molar-refractivity contribution in [1.82, 2.24) is 14.9 Å². The predicted molar refractivity (Wildman–Crippen MR) is 112 cm³/mol. The Morgan fingerprint density at radius 3 is 2.93 bits per heavy atom. The van der Waals surface area contributed by atoms with Gasteiger partial charge in [0.15, 0.2) is 0 Å². The number of aromatic amines is 1. The summed E-state index contributed by atoms with van der Waals surface area (Å²) in [5, 5.41) is 4.64. The van der Waals surface area contributed by atoms with Gasteiger partial charge in [-0.3, -0.25) is 9.59 Å². The van der Waals surface area contributed by atoms with E-state index >= 15 is 0 Å². The molecule has 28 heavy (non-hydrogen) atoms. The summed E-state index contributed by atoms with van der Waals surface area (Å²) < 4.78 is 5.40. The van der Waals surface area contributed by atoms with Crippen molar-refractivity contribution in [3.8, 4) is 0 Å². The maximum absolute atomic E-state index is 12.4. The highest BCUT2D eigenvalue weighted by Gasteiger charge is 2.24. The van der Waals surface area contributed by atoms with E-state index in [-0.39, 0.29) is 17.5 Å². The number of thioether (sulfide) groups is 1. The third kappa shape index (κ3) is 4.50. The molecule has 7 nitrogen and oxygen atoms in total. The Kier molecular flexibility index (Phi) is 5.87. The minimum absolute atomic E-state index is 0.0947. The summed E-state index contributed by atoms with van der Waals surface area (Å²) in [6.45, 7) is 4.73. The zero-order chi connectivity index (χ0) is 19.5. The largest absolute Gasteiger partial charge is 0.381 e. The summed E-state index contributed by atoms with van der Waals surface area (Å²) in [7, 11) is 0. The van der Waals surface area contributed by atoms with Crippen molar-refractivity contribution in [1.29, 1.82) is 0 Å². The van der Waals surface area contributed by atoms with Crippen molar-refractivity contribution in [3.63, 3.8) is 0 Å². The van der Waals surface area contributed by atoms with Crippen molar-refractivity contribution >= 4 is 34.3 Å². The highest BCUT2D eigenvalue weighted by molar-refractivity contribution is 7.99. The number of H-pyrrole nitrogens is 1. The van der Waals surface area contributed by atoms with Crippen LogP contribution in [-0.2, 0) is 15.3 Å². The van der Waals surface area contributed by atoms with Crippen LogP contribution in [0.4, 0.5) is 5.69 Å². The molecule has 1 atom stereocenters. The van der Waals surface area contributed by atoms with Crippen LogP contribution in [0.5, 0.6) is 0 Å². The zero-order valence-electron chi connectivity index (χ0n) is 16.1. The SMILES string of the molecule is CC(=O)N1CCC(Nc2ccc3c(=O)[nH]c(CSC4CCOCC4)nc3c2)C1. The molecule has 150 valence electrons. The smallest absolute Gasteiger partial charge is 0.258 e. The fourth-order valence-electron chi connectivity index (χ4n) is 3.79. The Balaban J connectivity index is 1.46. The lowest BCUT2D eigenvalue weighted by Crippen LogP contribution is -2.29. The summed E-state index contributed by atoms with van der Waals surface area (Å²) in [6, 6.07) is 5.89. The lowest BCUT2D eigenvalue weighted by atomic mass is 10.2. The van der Waals surface area contributed by atoms with E-state index in [1.54, 1.807) is 6.92 Å². The Labute approximate surface area is 168 Å². The van der Waals surface area contributed by atoms with Gasteiger partial charge in [-0.25, -0.2) is 4.98 Å². The third-order valence-electron chi connectivity index (χ3n) is 5.38. The number of amides is 1. The standard InChI is InChI=1S/C20H26N4O3S/c1-13(25)24-7-4-15(11-24)21-14-2-3-17-18(10-14)22-19(23-20(17)26)12-28-16-5-8-27-9-6-16/h2-3,10,15-16,21H,4-9,11-12H2,1H3,(H,22,23,26). The van der Waals surface area contributed by atoms with Gasteiger partial charge in [0, 0.05) is 50.2 Å². The van der Waals surface area contributed by atoms with Crippen LogP contribution in [-0.4, -0.2) is 58.4 Å². The second-order valence-corrected chi connectivity index (χ2v) is 8.75. The molecule has 0 bridgehead atoms. The van der Waals surface area contributed by atoms with E-state index in [9.17, 15) is 9.59 Å². The molecule has 1 amide bonds. The predicted octanol–water partition coefficient (Wildman–Crippen LogP) is 2.37. The maximum atomic E-state index is 12.4. The molecular formula is C20H26N4O3S. The van der Waals surface area contributed by atoms with E-state index in [4.69, 9.17) is 4.74 Å². The molecule has 0 aliphatic carbocycles. The van der Waals surface area contributed by atoms with Gasteiger partial charge >= 0.3 is 0 Å². The van der Waals surface area contributed by atoms with E-state index in [1.165, 1.54) is 0 Å². The highest BCUT2D eigenvalue weighted by Crippen LogP contribution is 2.25. The number of benzene rings is 1. The van der Waals surface area contributed by atoms with Gasteiger partial charge in [-0.2, -0.15) is 11.8 Å². The number of nitrogens with one attached hydrogen (secondary N) is 2. The number of hydrogen-bond donors (Lipinski definition) is 2. The lowest BCUT2D eigenvalue weighted by Gasteiger charge is -2.21. The highest BCUT2D eigenvalue weighted by atomic mass is 32.2. The quantitative estimate of drug-likeness (QED) is 0.798. The van der Waals surface area contributed by atoms with Crippen LogP contribution in [0.2, 0.25) is 0 Å². The van der Waals surface area contributed by atoms with Crippen molar-refractivity contribution in [2.24, 2.45) is 0 Å². The number of carbonyl (C=O) groups excluding carboxylic acids is 1. The Morgan fingerprint density at radius 2 is 2.18 bits per heavy atom. The molecule has 2 aromatic rings. The van der Waals surface area contributed by atoms with Gasteiger partial charge in [-0.15, -0.1) is 0 Å². The minimum Gasteiger partial charge on any atom is -0.381 e. The monoisotopic (exact) mass is 402 g/mol. The van der Waals surface area contributed by atoms with Gasteiger partial charge in [-0.1, -0.05) is 0 Å². The normalized spacial score (nSPS) is 20.6. The average molecular weight is 403 g/mol. The first-order valence-electron chi connectivity index (χ1n) is 9.83. The number of anilines is 1. The third-order valence-corrected chi connectivity index (χ3v) is 6.77. The van der Waals surface area contributed by atoms with E-state index in [0.717, 1.165) is 50.5 Å². The number of nitrogens with zero attached hydrogens (tertiary/aromatic N) is 2. The van der Waals surface area contributed by atoms with E-state index < -0.39 is 0 Å². The molecule has 8 heteroatoms. The van der Waals surface area contributed by atoms with Gasteiger partial charge in [0.1, 0.15) is 5.82 Å². The van der Waals surface area contributed by atoms with Crippen molar-refractivity contribution in [3.05, 3.63) is 34.4 Å². The van der Waals surface area contributed by atoms with Crippen LogP contribution in [0, 0.1) is 0 Å². The Hall–Kier alpha value is -2.06. The molecule has 4 rings (SSSR count). The van der Waals surface area contributed by atoms with Gasteiger partial charge in [-0.05, 0) is 37.5 Å². The van der Waals surface area contributed by atoms with E-state index in [1.807, 2.05) is 34.9 Å².